The molecule has 1 N–H and O–H groups in total. The van der Waals surface area contributed by atoms with Crippen LogP contribution in [0.1, 0.15) is 28.8 Å². The molecule has 2 amide bonds. The number of piperazine rings is 1. The van der Waals surface area contributed by atoms with Crippen LogP contribution in [0, 0.1) is 0 Å². The molecule has 1 aromatic rings. The van der Waals surface area contributed by atoms with Crippen molar-refractivity contribution in [1.82, 2.24) is 14.8 Å². The molecule has 0 bridgehead atoms. The van der Waals surface area contributed by atoms with Crippen LogP contribution in [0.3, 0.4) is 0 Å². The lowest BCUT2D eigenvalue weighted by molar-refractivity contribution is -0.137. The van der Waals surface area contributed by atoms with Crippen molar-refractivity contribution in [3.05, 3.63) is 23.4 Å². The zero-order valence-electron chi connectivity index (χ0n) is 14.0. The number of halogens is 3. The first-order chi connectivity index (χ1) is 12.3. The molecule has 0 unspecified atom stereocenters. The third kappa shape index (κ3) is 3.68. The molecule has 1 aromatic heterocycles. The molecule has 0 aliphatic carbocycles. The number of pyridine rings is 1. The van der Waals surface area contributed by atoms with Gasteiger partial charge in [-0.2, -0.15) is 13.2 Å². The molecule has 2 fully saturated rings. The van der Waals surface area contributed by atoms with Gasteiger partial charge in [0.2, 0.25) is 0 Å². The summed E-state index contributed by atoms with van der Waals surface area (Å²) in [5.74, 6) is -0.281. The number of alkyl halides is 3. The van der Waals surface area contributed by atoms with E-state index in [1.165, 1.54) is 9.80 Å². The summed E-state index contributed by atoms with van der Waals surface area (Å²) >= 11 is 0. The highest BCUT2D eigenvalue weighted by atomic mass is 19.4. The Morgan fingerprint density at radius 3 is 2.15 bits per heavy atom. The number of aromatic nitrogens is 1. The molecule has 0 atom stereocenters. The quantitative estimate of drug-likeness (QED) is 0.861. The Kier molecular flexibility index (Phi) is 4.92. The second-order valence-electron chi connectivity index (χ2n) is 6.35. The molecule has 0 radical (unpaired) electrons. The summed E-state index contributed by atoms with van der Waals surface area (Å²) in [6, 6.07) is 0.854. The van der Waals surface area contributed by atoms with Gasteiger partial charge in [0.05, 0.1) is 11.1 Å². The number of anilines is 1. The van der Waals surface area contributed by atoms with Gasteiger partial charge in [0.15, 0.2) is 0 Å². The second kappa shape index (κ2) is 7.00. The van der Waals surface area contributed by atoms with E-state index in [0.717, 1.165) is 25.1 Å². The number of rotatable bonds is 2. The van der Waals surface area contributed by atoms with Crippen molar-refractivity contribution in [2.45, 2.75) is 19.0 Å². The average Bonchev–Trinajstić information content (AvgIpc) is 3.14. The van der Waals surface area contributed by atoms with Crippen LogP contribution in [0.4, 0.5) is 23.8 Å². The number of amides is 2. The van der Waals surface area contributed by atoms with E-state index in [0.29, 0.717) is 13.1 Å². The highest BCUT2D eigenvalue weighted by Crippen LogP contribution is 2.32. The van der Waals surface area contributed by atoms with Crippen molar-refractivity contribution in [2.75, 3.05) is 44.2 Å². The summed E-state index contributed by atoms with van der Waals surface area (Å²) in [4.78, 5) is 32.1. The van der Waals surface area contributed by atoms with Gasteiger partial charge in [-0.15, -0.1) is 0 Å². The molecule has 0 aromatic carbocycles. The zero-order valence-corrected chi connectivity index (χ0v) is 14.0. The molecule has 2 saturated heterocycles. The van der Waals surface area contributed by atoms with Crippen molar-refractivity contribution >= 4 is 17.8 Å². The molecular weight excluding hydrogens is 353 g/mol. The van der Waals surface area contributed by atoms with E-state index in [1.54, 1.807) is 4.90 Å². The van der Waals surface area contributed by atoms with Crippen LogP contribution in [-0.4, -0.2) is 71.2 Å². The van der Waals surface area contributed by atoms with Gasteiger partial charge in [-0.1, -0.05) is 0 Å². The first-order valence-electron chi connectivity index (χ1n) is 8.36. The normalized spacial score (nSPS) is 18.3. The van der Waals surface area contributed by atoms with Crippen molar-refractivity contribution in [2.24, 2.45) is 0 Å². The van der Waals surface area contributed by atoms with Crippen LogP contribution in [0.2, 0.25) is 0 Å². The molecule has 10 heteroatoms. The number of carbonyl (C=O) groups excluding carboxylic acids is 1. The van der Waals surface area contributed by atoms with Crippen LogP contribution in [-0.2, 0) is 6.18 Å². The lowest BCUT2D eigenvalue weighted by Gasteiger charge is -2.35. The van der Waals surface area contributed by atoms with Gasteiger partial charge in [0, 0.05) is 45.5 Å². The summed E-state index contributed by atoms with van der Waals surface area (Å²) in [6.07, 6.45) is -3.26. The van der Waals surface area contributed by atoms with Crippen molar-refractivity contribution in [3.63, 3.8) is 0 Å². The summed E-state index contributed by atoms with van der Waals surface area (Å²) in [6.45, 7) is 1.98. The van der Waals surface area contributed by atoms with E-state index in [2.05, 4.69) is 4.98 Å². The van der Waals surface area contributed by atoms with E-state index >= 15 is 0 Å². The van der Waals surface area contributed by atoms with Gasteiger partial charge >= 0.3 is 12.3 Å². The first-order valence-corrected chi connectivity index (χ1v) is 8.36. The highest BCUT2D eigenvalue weighted by molar-refractivity contribution is 5.99. The van der Waals surface area contributed by atoms with Crippen molar-refractivity contribution in [3.8, 4) is 0 Å². The van der Waals surface area contributed by atoms with Gasteiger partial charge in [0.1, 0.15) is 5.82 Å². The summed E-state index contributed by atoms with van der Waals surface area (Å²) in [5.41, 5.74) is -1.04. The summed E-state index contributed by atoms with van der Waals surface area (Å²) < 4.78 is 39.2. The molecule has 26 heavy (non-hydrogen) atoms. The number of hydrogen-bond acceptors (Lipinski definition) is 4. The number of likely N-dealkylation sites (tertiary alicyclic amines) is 1. The maximum atomic E-state index is 13.1. The Balaban J connectivity index is 1.91. The Labute approximate surface area is 148 Å². The Morgan fingerprint density at radius 1 is 1.00 bits per heavy atom. The van der Waals surface area contributed by atoms with Crippen LogP contribution >= 0.6 is 0 Å². The smallest absolute Gasteiger partial charge is 0.417 e. The maximum absolute atomic E-state index is 13.1. The number of carbonyl (C=O) groups is 2. The van der Waals surface area contributed by atoms with Gasteiger partial charge in [0.25, 0.3) is 5.91 Å². The van der Waals surface area contributed by atoms with E-state index in [1.807, 2.05) is 0 Å². The fourth-order valence-electron chi connectivity index (χ4n) is 3.22. The molecule has 142 valence electrons. The first kappa shape index (κ1) is 18.3. The molecule has 3 heterocycles. The largest absolute Gasteiger partial charge is 0.465 e. The van der Waals surface area contributed by atoms with Gasteiger partial charge in [-0.25, -0.2) is 9.78 Å². The summed E-state index contributed by atoms with van der Waals surface area (Å²) in [7, 11) is 0. The predicted molar refractivity (Wildman–Crippen MR) is 86.2 cm³/mol. The monoisotopic (exact) mass is 372 g/mol. The molecule has 0 spiro atoms. The van der Waals surface area contributed by atoms with Crippen LogP contribution < -0.4 is 4.90 Å². The molecule has 7 nitrogen and oxygen atoms in total. The van der Waals surface area contributed by atoms with Gasteiger partial charge < -0.3 is 19.8 Å². The Morgan fingerprint density at radius 2 is 1.62 bits per heavy atom. The minimum atomic E-state index is -4.59. The van der Waals surface area contributed by atoms with Gasteiger partial charge in [-0.3, -0.25) is 4.79 Å². The highest BCUT2D eigenvalue weighted by Gasteiger charge is 2.35. The number of carboxylic acid groups (broad SMARTS) is 1. The minimum absolute atomic E-state index is 0.0782. The molecule has 0 saturated carbocycles. The third-order valence-electron chi connectivity index (χ3n) is 4.67. The predicted octanol–water partition coefficient (Wildman–Crippen LogP) is 2.14. The number of nitrogens with zero attached hydrogens (tertiary/aromatic N) is 4. The Hall–Kier alpha value is -2.52. The standard InChI is InChI=1S/C16H19F3N4O3/c17-16(18,19)11-9-12(14(24)22-3-1-2-4-22)13(20-10-11)21-5-7-23(8-6-21)15(25)26/h9-10H,1-8H2,(H,25,26). The lowest BCUT2D eigenvalue weighted by Crippen LogP contribution is -2.49. The number of hydrogen-bond donors (Lipinski definition) is 1. The third-order valence-corrected chi connectivity index (χ3v) is 4.67. The minimum Gasteiger partial charge on any atom is -0.465 e. The maximum Gasteiger partial charge on any atom is 0.417 e. The van der Waals surface area contributed by atoms with Crippen LogP contribution in [0.15, 0.2) is 12.3 Å². The molecule has 3 rings (SSSR count). The van der Waals surface area contributed by atoms with E-state index in [-0.39, 0.29) is 37.6 Å². The molecule has 2 aliphatic heterocycles. The molecule has 2 aliphatic rings. The fourth-order valence-corrected chi connectivity index (χ4v) is 3.22. The van der Waals surface area contributed by atoms with E-state index < -0.39 is 23.7 Å². The topological polar surface area (TPSA) is 77.0 Å². The average molecular weight is 372 g/mol. The second-order valence-corrected chi connectivity index (χ2v) is 6.35. The SMILES string of the molecule is O=C(O)N1CCN(c2ncc(C(F)(F)F)cc2C(=O)N2CCCC2)CC1. The van der Waals surface area contributed by atoms with Crippen LogP contribution in [0.5, 0.6) is 0 Å². The zero-order chi connectivity index (χ0) is 18.9. The van der Waals surface area contributed by atoms with E-state index in [4.69, 9.17) is 5.11 Å². The van der Waals surface area contributed by atoms with Crippen molar-refractivity contribution < 1.29 is 27.9 Å². The van der Waals surface area contributed by atoms with Gasteiger partial charge in [-0.05, 0) is 18.9 Å². The summed E-state index contributed by atoms with van der Waals surface area (Å²) in [5, 5.41) is 9.01. The Bertz CT molecular complexity index is 696. The van der Waals surface area contributed by atoms with Crippen LogP contribution in [0.25, 0.3) is 0 Å². The van der Waals surface area contributed by atoms with E-state index in [9.17, 15) is 22.8 Å². The fraction of sp³-hybridized carbons (Fsp3) is 0.562. The molecular formula is C16H19F3N4O3. The lowest BCUT2D eigenvalue weighted by atomic mass is 10.1. The van der Waals surface area contributed by atoms with Crippen molar-refractivity contribution in [1.29, 1.82) is 0 Å².